The van der Waals surface area contributed by atoms with Gasteiger partial charge in [0.25, 0.3) is 0 Å². The van der Waals surface area contributed by atoms with Crippen LogP contribution >= 0.6 is 0 Å². The molecule has 0 saturated heterocycles. The summed E-state index contributed by atoms with van der Waals surface area (Å²) in [6.45, 7) is 0.961. The highest BCUT2D eigenvalue weighted by molar-refractivity contribution is 5.98. The Morgan fingerprint density at radius 2 is 1.84 bits per heavy atom. The molecular formula is C28H28N4O5. The van der Waals surface area contributed by atoms with Gasteiger partial charge in [0.15, 0.2) is 5.78 Å². The average molecular weight is 501 g/mol. The number of para-hydroxylation sites is 2. The third kappa shape index (κ3) is 5.94. The summed E-state index contributed by atoms with van der Waals surface area (Å²) in [5.41, 5.74) is 1.00. The van der Waals surface area contributed by atoms with Gasteiger partial charge in [-0.3, -0.25) is 14.3 Å². The van der Waals surface area contributed by atoms with Crippen LogP contribution in [-0.2, 0) is 17.9 Å². The molecule has 2 aromatic heterocycles. The van der Waals surface area contributed by atoms with E-state index in [4.69, 9.17) is 9.15 Å². The summed E-state index contributed by atoms with van der Waals surface area (Å²) in [5, 5.41) is 12.0. The fourth-order valence-corrected chi connectivity index (χ4v) is 4.54. The number of Topliss-reactive ketones (excluding diaryl/α,β-unsaturated/α-hetero) is 1. The van der Waals surface area contributed by atoms with Crippen molar-refractivity contribution in [3.8, 4) is 5.75 Å². The number of nitrogens with zero attached hydrogens (tertiary/aromatic N) is 3. The van der Waals surface area contributed by atoms with Gasteiger partial charge in [0.1, 0.15) is 29.2 Å². The molecule has 9 nitrogen and oxygen atoms in total. The molecule has 4 aromatic rings. The van der Waals surface area contributed by atoms with Gasteiger partial charge in [-0.1, -0.05) is 54.5 Å². The average Bonchev–Trinajstić information content (AvgIpc) is 3.36. The standard InChI is InChI=1S/C28H28N4O5/c33-24(22-15-19-9-4-6-11-25(19)37-28(22)35)16-23-21-10-5-7-12-26(21)36-18-20-17-32(31-30-20)14-8-2-1-3-13-27(34)29-23/h4-7,9-12,15,17,23H,1-3,8,13-14,16,18H2,(H,29,34). The lowest BCUT2D eigenvalue weighted by Gasteiger charge is -2.21. The highest BCUT2D eigenvalue weighted by Gasteiger charge is 2.25. The van der Waals surface area contributed by atoms with Gasteiger partial charge < -0.3 is 14.5 Å². The van der Waals surface area contributed by atoms with Gasteiger partial charge in [-0.15, -0.1) is 5.10 Å². The van der Waals surface area contributed by atoms with E-state index in [2.05, 4.69) is 15.6 Å². The number of ketones is 1. The van der Waals surface area contributed by atoms with Crippen molar-refractivity contribution in [3.05, 3.63) is 88.0 Å². The van der Waals surface area contributed by atoms with E-state index in [0.29, 0.717) is 34.4 Å². The highest BCUT2D eigenvalue weighted by atomic mass is 16.5. The van der Waals surface area contributed by atoms with Gasteiger partial charge >= 0.3 is 5.63 Å². The number of rotatable bonds is 3. The summed E-state index contributed by atoms with van der Waals surface area (Å²) in [7, 11) is 0. The van der Waals surface area contributed by atoms with Crippen molar-refractivity contribution in [2.75, 3.05) is 0 Å². The first kappa shape index (κ1) is 24.4. The van der Waals surface area contributed by atoms with E-state index in [1.54, 1.807) is 35.0 Å². The molecule has 0 spiro atoms. The Balaban J connectivity index is 1.45. The maximum atomic E-state index is 13.4. The second kappa shape index (κ2) is 11.2. The van der Waals surface area contributed by atoms with Crippen LogP contribution in [0.2, 0.25) is 0 Å². The van der Waals surface area contributed by atoms with Gasteiger partial charge in [-0.2, -0.15) is 0 Å². The van der Waals surface area contributed by atoms with Crippen molar-refractivity contribution in [1.82, 2.24) is 20.3 Å². The summed E-state index contributed by atoms with van der Waals surface area (Å²) in [6, 6.07) is 15.1. The molecule has 0 aliphatic carbocycles. The van der Waals surface area contributed by atoms with Crippen molar-refractivity contribution in [3.63, 3.8) is 0 Å². The largest absolute Gasteiger partial charge is 0.487 e. The van der Waals surface area contributed by atoms with Gasteiger partial charge in [0.05, 0.1) is 12.2 Å². The number of carbonyl (C=O) groups is 2. The van der Waals surface area contributed by atoms with Crippen LogP contribution in [-0.4, -0.2) is 26.7 Å². The summed E-state index contributed by atoms with van der Waals surface area (Å²) in [6.07, 6.45) is 5.67. The Morgan fingerprint density at radius 1 is 1.03 bits per heavy atom. The number of ether oxygens (including phenoxy) is 1. The molecule has 1 unspecified atom stereocenters. The SMILES string of the molecule is O=C1CCCCCCn2cc(nn2)COc2ccccc2C(CC(=O)c2cc3ccccc3oc2=O)N1. The molecule has 0 saturated carbocycles. The lowest BCUT2D eigenvalue weighted by molar-refractivity contribution is -0.121. The number of aromatic nitrogens is 3. The zero-order valence-electron chi connectivity index (χ0n) is 20.4. The molecule has 9 heteroatoms. The topological polar surface area (TPSA) is 116 Å². The first-order valence-electron chi connectivity index (χ1n) is 12.5. The summed E-state index contributed by atoms with van der Waals surface area (Å²) in [5.74, 6) is -0.0495. The summed E-state index contributed by atoms with van der Waals surface area (Å²) >= 11 is 0. The quantitative estimate of drug-likeness (QED) is 0.328. The fourth-order valence-electron chi connectivity index (χ4n) is 4.54. The first-order valence-corrected chi connectivity index (χ1v) is 12.5. The van der Waals surface area contributed by atoms with Crippen molar-refractivity contribution in [1.29, 1.82) is 0 Å². The predicted molar refractivity (Wildman–Crippen MR) is 136 cm³/mol. The van der Waals surface area contributed by atoms with E-state index in [1.165, 1.54) is 0 Å². The van der Waals surface area contributed by atoms with Crippen LogP contribution in [0.5, 0.6) is 5.75 Å². The number of amides is 1. The molecule has 190 valence electrons. The van der Waals surface area contributed by atoms with E-state index in [1.807, 2.05) is 30.5 Å². The van der Waals surface area contributed by atoms with E-state index >= 15 is 0 Å². The molecule has 0 fully saturated rings. The maximum Gasteiger partial charge on any atom is 0.347 e. The molecule has 1 aliphatic rings. The van der Waals surface area contributed by atoms with Crippen LogP contribution in [0.15, 0.2) is 70.0 Å². The Bertz CT molecular complexity index is 1470. The summed E-state index contributed by atoms with van der Waals surface area (Å²) in [4.78, 5) is 38.9. The van der Waals surface area contributed by atoms with Crippen molar-refractivity contribution < 1.29 is 18.7 Å². The Labute approximate surface area is 213 Å². The first-order chi connectivity index (χ1) is 18.1. The van der Waals surface area contributed by atoms with Crippen LogP contribution in [0.4, 0.5) is 0 Å². The summed E-state index contributed by atoms with van der Waals surface area (Å²) < 4.78 is 13.2. The van der Waals surface area contributed by atoms with Crippen molar-refractivity contribution >= 4 is 22.7 Å². The van der Waals surface area contributed by atoms with Gasteiger partial charge in [-0.25, -0.2) is 4.79 Å². The highest BCUT2D eigenvalue weighted by Crippen LogP contribution is 2.29. The number of fused-ring (bicyclic) bond motifs is 4. The molecule has 5 rings (SSSR count). The van der Waals surface area contributed by atoms with Crippen molar-refractivity contribution in [2.45, 2.75) is 57.7 Å². The third-order valence-electron chi connectivity index (χ3n) is 6.46. The van der Waals surface area contributed by atoms with Crippen LogP contribution < -0.4 is 15.7 Å². The lowest BCUT2D eigenvalue weighted by atomic mass is 9.97. The number of carbonyl (C=O) groups excluding carboxylic acids is 2. The second-order valence-electron chi connectivity index (χ2n) is 9.20. The molecule has 1 aliphatic heterocycles. The molecule has 3 heterocycles. The minimum absolute atomic E-state index is 0.0462. The monoisotopic (exact) mass is 500 g/mol. The third-order valence-corrected chi connectivity index (χ3v) is 6.46. The Kier molecular flexibility index (Phi) is 7.39. The number of benzene rings is 2. The molecule has 0 radical (unpaired) electrons. The molecule has 37 heavy (non-hydrogen) atoms. The molecule has 2 aromatic carbocycles. The van der Waals surface area contributed by atoms with E-state index in [9.17, 15) is 14.4 Å². The minimum atomic E-state index is -0.698. The normalized spacial score (nSPS) is 17.0. The molecule has 1 atom stereocenters. The van der Waals surface area contributed by atoms with Crippen LogP contribution in [0.25, 0.3) is 11.0 Å². The second-order valence-corrected chi connectivity index (χ2v) is 9.20. The Morgan fingerprint density at radius 3 is 2.76 bits per heavy atom. The molecule has 1 N–H and O–H groups in total. The maximum absolute atomic E-state index is 13.4. The van der Waals surface area contributed by atoms with Crippen LogP contribution in [0.3, 0.4) is 0 Å². The van der Waals surface area contributed by atoms with Crippen LogP contribution in [0.1, 0.15) is 66.2 Å². The molecule has 1 amide bonds. The zero-order valence-corrected chi connectivity index (χ0v) is 20.4. The molecule has 2 bridgehead atoms. The van der Waals surface area contributed by atoms with Gasteiger partial charge in [0, 0.05) is 30.3 Å². The fraction of sp³-hybridized carbons (Fsp3) is 0.321. The minimum Gasteiger partial charge on any atom is -0.487 e. The zero-order chi connectivity index (χ0) is 25.6. The molecular weight excluding hydrogens is 472 g/mol. The van der Waals surface area contributed by atoms with E-state index in [0.717, 1.165) is 32.2 Å². The number of aryl methyl sites for hydroxylation is 1. The number of nitrogens with one attached hydrogen (secondary N) is 1. The Hall–Kier alpha value is -4.27. The smallest absolute Gasteiger partial charge is 0.347 e. The van der Waals surface area contributed by atoms with Gasteiger partial charge in [-0.05, 0) is 31.0 Å². The number of hydrogen-bond donors (Lipinski definition) is 1. The van der Waals surface area contributed by atoms with Gasteiger partial charge in [0.2, 0.25) is 5.91 Å². The predicted octanol–water partition coefficient (Wildman–Crippen LogP) is 4.36. The van der Waals surface area contributed by atoms with Crippen LogP contribution in [0, 0.1) is 0 Å². The van der Waals surface area contributed by atoms with E-state index in [-0.39, 0.29) is 24.5 Å². The lowest BCUT2D eigenvalue weighted by Crippen LogP contribution is -2.31. The number of hydrogen-bond acceptors (Lipinski definition) is 7. The van der Waals surface area contributed by atoms with E-state index < -0.39 is 17.5 Å². The van der Waals surface area contributed by atoms with Crippen molar-refractivity contribution in [2.24, 2.45) is 0 Å².